The molecular formula is C18H13IN2O2. The minimum atomic E-state index is -0.0151. The fourth-order valence-electron chi connectivity index (χ4n) is 2.70. The van der Waals surface area contributed by atoms with E-state index in [4.69, 9.17) is 4.42 Å². The number of hydrogen-bond donors (Lipinski definition) is 0. The average Bonchev–Trinajstić information content (AvgIpc) is 3.02. The van der Waals surface area contributed by atoms with Gasteiger partial charge in [0.25, 0.3) is 0 Å². The number of rotatable bonds is 2. The van der Waals surface area contributed by atoms with Crippen LogP contribution in [0.15, 0.2) is 57.9 Å². The number of aryl methyl sites for hydroxylation is 1. The molecule has 0 aliphatic carbocycles. The normalized spacial score (nSPS) is 11.4. The first-order valence-corrected chi connectivity index (χ1v) is 8.45. The maximum atomic E-state index is 12.7. The van der Waals surface area contributed by atoms with E-state index in [1.165, 1.54) is 0 Å². The Morgan fingerprint density at radius 2 is 1.96 bits per heavy atom. The van der Waals surface area contributed by atoms with Gasteiger partial charge in [-0.05, 0) is 35.6 Å². The first-order valence-electron chi connectivity index (χ1n) is 7.37. The highest BCUT2D eigenvalue weighted by Crippen LogP contribution is 2.30. The largest absolute Gasteiger partial charge is 0.452 e. The minimum absolute atomic E-state index is 0.0151. The van der Waals surface area contributed by atoms with Crippen molar-refractivity contribution in [3.63, 3.8) is 0 Å². The van der Waals surface area contributed by atoms with E-state index in [9.17, 15) is 4.79 Å². The molecule has 0 saturated heterocycles. The third-order valence-electron chi connectivity index (χ3n) is 3.89. The zero-order valence-electron chi connectivity index (χ0n) is 12.4. The molecule has 0 unspecified atom stereocenters. The summed E-state index contributed by atoms with van der Waals surface area (Å²) >= 11 is 2.06. The van der Waals surface area contributed by atoms with Gasteiger partial charge in [-0.3, -0.25) is 9.48 Å². The molecule has 0 bridgehead atoms. The molecule has 4 nitrogen and oxygen atoms in total. The van der Waals surface area contributed by atoms with E-state index in [0.29, 0.717) is 20.3 Å². The molecule has 4 aromatic rings. The fourth-order valence-corrected chi connectivity index (χ4v) is 3.41. The number of fused-ring (bicyclic) bond motifs is 3. The Morgan fingerprint density at radius 3 is 2.70 bits per heavy atom. The van der Waals surface area contributed by atoms with Gasteiger partial charge >= 0.3 is 0 Å². The second-order valence-electron chi connectivity index (χ2n) is 5.31. The number of hydrogen-bond acceptors (Lipinski definition) is 3. The molecule has 2 heterocycles. The smallest absolute Gasteiger partial charge is 0.206 e. The molecule has 5 heteroatoms. The predicted molar refractivity (Wildman–Crippen MR) is 99.6 cm³/mol. The molecule has 2 aromatic heterocycles. The van der Waals surface area contributed by atoms with Crippen molar-refractivity contribution < 1.29 is 4.42 Å². The van der Waals surface area contributed by atoms with Gasteiger partial charge < -0.3 is 4.42 Å². The van der Waals surface area contributed by atoms with E-state index in [2.05, 4.69) is 27.7 Å². The first-order chi connectivity index (χ1) is 11.2. The SMILES string of the molecule is CCn1cc2ccc3c(=O)c(I)c(-c4ccccc4)oc3c2n1. The van der Waals surface area contributed by atoms with E-state index in [0.717, 1.165) is 23.0 Å². The van der Waals surface area contributed by atoms with E-state index in [-0.39, 0.29) is 5.43 Å². The van der Waals surface area contributed by atoms with Crippen molar-refractivity contribution >= 4 is 44.5 Å². The summed E-state index contributed by atoms with van der Waals surface area (Å²) in [5.74, 6) is 0.599. The van der Waals surface area contributed by atoms with Crippen LogP contribution in [0.1, 0.15) is 6.92 Å². The summed E-state index contributed by atoms with van der Waals surface area (Å²) in [5, 5.41) is 6.09. The predicted octanol–water partition coefficient (Wildman–Crippen LogP) is 4.43. The molecule has 0 fully saturated rings. The molecule has 23 heavy (non-hydrogen) atoms. The maximum absolute atomic E-state index is 12.7. The van der Waals surface area contributed by atoms with Crippen LogP contribution >= 0.6 is 22.6 Å². The number of benzene rings is 2. The number of aromatic nitrogens is 2. The second-order valence-corrected chi connectivity index (χ2v) is 6.38. The second kappa shape index (κ2) is 5.49. The van der Waals surface area contributed by atoms with E-state index in [1.807, 2.05) is 60.3 Å². The van der Waals surface area contributed by atoms with Crippen LogP contribution in [0, 0.1) is 3.57 Å². The third-order valence-corrected chi connectivity index (χ3v) is 4.87. The van der Waals surface area contributed by atoms with E-state index >= 15 is 0 Å². The molecular weight excluding hydrogens is 403 g/mol. The molecule has 0 aliphatic rings. The van der Waals surface area contributed by atoms with Crippen molar-refractivity contribution in [2.24, 2.45) is 0 Å². The van der Waals surface area contributed by atoms with E-state index < -0.39 is 0 Å². The summed E-state index contributed by atoms with van der Waals surface area (Å²) in [6.45, 7) is 2.80. The highest BCUT2D eigenvalue weighted by atomic mass is 127. The zero-order chi connectivity index (χ0) is 16.0. The Hall–Kier alpha value is -2.15. The summed E-state index contributed by atoms with van der Waals surface area (Å²) in [4.78, 5) is 12.7. The maximum Gasteiger partial charge on any atom is 0.206 e. The van der Waals surface area contributed by atoms with Crippen LogP contribution in [-0.4, -0.2) is 9.78 Å². The molecule has 114 valence electrons. The van der Waals surface area contributed by atoms with Gasteiger partial charge in [0.15, 0.2) is 11.3 Å². The van der Waals surface area contributed by atoms with Gasteiger partial charge in [-0.2, -0.15) is 5.10 Å². The lowest BCUT2D eigenvalue weighted by Crippen LogP contribution is -2.07. The minimum Gasteiger partial charge on any atom is -0.452 e. The van der Waals surface area contributed by atoms with Gasteiger partial charge in [0.2, 0.25) is 5.43 Å². The summed E-state index contributed by atoms with van der Waals surface area (Å²) in [7, 11) is 0. The Labute approximate surface area is 145 Å². The lowest BCUT2D eigenvalue weighted by molar-refractivity contribution is 0.614. The van der Waals surface area contributed by atoms with Gasteiger partial charge in [-0.15, -0.1) is 0 Å². The number of halogens is 1. The summed E-state index contributed by atoms with van der Waals surface area (Å²) in [5.41, 5.74) is 2.16. The molecule has 0 radical (unpaired) electrons. The van der Waals surface area contributed by atoms with E-state index in [1.54, 1.807) is 0 Å². The zero-order valence-corrected chi connectivity index (χ0v) is 14.6. The molecule has 0 atom stereocenters. The van der Waals surface area contributed by atoms with Crippen molar-refractivity contribution in [3.8, 4) is 11.3 Å². The van der Waals surface area contributed by atoms with Crippen LogP contribution in [0.4, 0.5) is 0 Å². The monoisotopic (exact) mass is 416 g/mol. The number of nitrogens with zero attached hydrogens (tertiary/aromatic N) is 2. The lowest BCUT2D eigenvalue weighted by Gasteiger charge is -2.06. The highest BCUT2D eigenvalue weighted by Gasteiger charge is 2.17. The van der Waals surface area contributed by atoms with Gasteiger partial charge in [-0.25, -0.2) is 0 Å². The fraction of sp³-hybridized carbons (Fsp3) is 0.111. The van der Waals surface area contributed by atoms with Gasteiger partial charge in [0, 0.05) is 23.7 Å². The van der Waals surface area contributed by atoms with Crippen LogP contribution in [0.3, 0.4) is 0 Å². The van der Waals surface area contributed by atoms with Crippen LogP contribution in [-0.2, 0) is 6.54 Å². The van der Waals surface area contributed by atoms with Crippen LogP contribution < -0.4 is 5.43 Å². The molecule has 4 rings (SSSR count). The standard InChI is InChI=1S/C18H13IN2O2/c1-2-21-10-12-8-9-13-16(22)14(19)17(11-6-4-3-5-7-11)23-18(13)15(12)20-21/h3-10H,2H2,1H3. The van der Waals surface area contributed by atoms with Gasteiger partial charge in [-0.1, -0.05) is 36.4 Å². The van der Waals surface area contributed by atoms with Crippen molar-refractivity contribution in [1.29, 1.82) is 0 Å². The quantitative estimate of drug-likeness (QED) is 0.454. The Kier molecular flexibility index (Phi) is 3.45. The molecule has 0 N–H and O–H groups in total. The van der Waals surface area contributed by atoms with Gasteiger partial charge in [0.1, 0.15) is 9.09 Å². The molecule has 2 aromatic carbocycles. The van der Waals surface area contributed by atoms with Gasteiger partial charge in [0.05, 0.1) is 5.39 Å². The Morgan fingerprint density at radius 1 is 1.17 bits per heavy atom. The first kappa shape index (κ1) is 14.4. The Bertz CT molecular complexity index is 1080. The van der Waals surface area contributed by atoms with Crippen LogP contribution in [0.2, 0.25) is 0 Å². The molecule has 0 saturated carbocycles. The Balaban J connectivity index is 2.13. The third kappa shape index (κ3) is 2.26. The van der Waals surface area contributed by atoms with Crippen molar-refractivity contribution in [3.05, 3.63) is 62.5 Å². The molecule has 0 aliphatic heterocycles. The molecule has 0 spiro atoms. The summed E-state index contributed by atoms with van der Waals surface area (Å²) < 4.78 is 8.59. The van der Waals surface area contributed by atoms with Crippen molar-refractivity contribution in [2.45, 2.75) is 13.5 Å². The lowest BCUT2D eigenvalue weighted by atomic mass is 10.1. The topological polar surface area (TPSA) is 48.0 Å². The molecule has 0 amide bonds. The van der Waals surface area contributed by atoms with Crippen LogP contribution in [0.25, 0.3) is 33.2 Å². The highest BCUT2D eigenvalue weighted by molar-refractivity contribution is 14.1. The average molecular weight is 416 g/mol. The van der Waals surface area contributed by atoms with Crippen molar-refractivity contribution in [2.75, 3.05) is 0 Å². The van der Waals surface area contributed by atoms with Crippen molar-refractivity contribution in [1.82, 2.24) is 9.78 Å². The van der Waals surface area contributed by atoms with Crippen LogP contribution in [0.5, 0.6) is 0 Å². The summed E-state index contributed by atoms with van der Waals surface area (Å²) in [6, 6.07) is 13.4. The summed E-state index contributed by atoms with van der Waals surface area (Å²) in [6.07, 6.45) is 1.97.